The number of aryl methyl sites for hydroxylation is 1. The molecule has 410 valence electrons. The van der Waals surface area contributed by atoms with E-state index in [0.717, 1.165) is 59.8 Å². The van der Waals surface area contributed by atoms with Gasteiger partial charge in [0, 0.05) is 75.6 Å². The summed E-state index contributed by atoms with van der Waals surface area (Å²) in [5.41, 5.74) is 9.86. The Labute approximate surface area is 458 Å². The van der Waals surface area contributed by atoms with Crippen LogP contribution in [-0.4, -0.2) is 138 Å². The van der Waals surface area contributed by atoms with Crippen LogP contribution >= 0.6 is 23.1 Å². The number of para-hydroxylation sites is 1. The first kappa shape index (κ1) is 58.2. The maximum Gasteiger partial charge on any atom is 0.324 e. The number of benzene rings is 3. The van der Waals surface area contributed by atoms with Gasteiger partial charge >= 0.3 is 6.03 Å². The van der Waals surface area contributed by atoms with Gasteiger partial charge < -0.3 is 30.7 Å². The number of nitrogens with two attached hydrogens (primary N) is 1. The third-order valence-corrected chi connectivity index (χ3v) is 18.1. The molecule has 0 radical (unpaired) electrons. The average molecular weight is 1060 g/mol. The lowest BCUT2D eigenvalue weighted by atomic mass is 9.93. The van der Waals surface area contributed by atoms with Gasteiger partial charge in [-0.05, 0) is 149 Å². The predicted octanol–water partition coefficient (Wildman–Crippen LogP) is 12.0. The number of thioether (sulfide) groups is 1. The number of anilines is 3. The van der Waals surface area contributed by atoms with Crippen molar-refractivity contribution in [1.82, 2.24) is 34.4 Å². The van der Waals surface area contributed by atoms with Crippen molar-refractivity contribution < 1.29 is 9.59 Å². The number of carbonyl (C=O) groups is 2. The van der Waals surface area contributed by atoms with Crippen molar-refractivity contribution in [2.24, 2.45) is 29.4 Å². The van der Waals surface area contributed by atoms with E-state index in [2.05, 4.69) is 104 Å². The Morgan fingerprint density at radius 1 is 0.707 bits per heavy atom. The Bertz CT molecular complexity index is 2420. The van der Waals surface area contributed by atoms with Gasteiger partial charge in [0.05, 0.1) is 29.0 Å². The summed E-state index contributed by atoms with van der Waals surface area (Å²) in [6, 6.07) is 26.9. The molecule has 3 aromatic carbocycles. The number of aromatic nitrogens is 3. The van der Waals surface area contributed by atoms with Crippen LogP contribution in [-0.2, 0) is 11.3 Å². The topological polar surface area (TPSA) is 131 Å². The summed E-state index contributed by atoms with van der Waals surface area (Å²) in [5, 5.41) is 11.3. The van der Waals surface area contributed by atoms with Crippen LogP contribution in [0.3, 0.4) is 0 Å². The molecular weight excluding hydrogens is 971 g/mol. The molecule has 13 nitrogen and oxygen atoms in total. The quantitative estimate of drug-likeness (QED) is 0.0924. The van der Waals surface area contributed by atoms with Gasteiger partial charge in [0.25, 0.3) is 0 Å². The third kappa shape index (κ3) is 17.0. The SMILES string of the molecule is C.CC[C@H]1CN(Cc2ccc(SC)cc2)C[C@H]1CN1CCCCCC1.CC[C@H]1CN(c2nc3ccccc3s2)C[C@H]1CN1CCCCCC1.Cc1cccc(NC(=O)Nc2ccnn2C2CCN(C(=O)CN)CC2)c1. The number of hydrogen-bond donors (Lipinski definition) is 3. The second-order valence-electron chi connectivity index (χ2n) is 21.6. The number of likely N-dealkylation sites (tertiary alicyclic amines) is 4. The number of piperidine rings is 1. The van der Waals surface area contributed by atoms with Crippen LogP contribution < -0.4 is 21.3 Å². The molecule has 5 aliphatic heterocycles. The first-order valence-electron chi connectivity index (χ1n) is 28.2. The van der Waals surface area contributed by atoms with Gasteiger partial charge in [0.15, 0.2) is 5.13 Å². The van der Waals surface area contributed by atoms with Crippen LogP contribution in [0.1, 0.15) is 115 Å². The molecule has 0 spiro atoms. The van der Waals surface area contributed by atoms with Crippen LogP contribution in [0, 0.1) is 30.6 Å². The van der Waals surface area contributed by atoms with E-state index in [4.69, 9.17) is 10.7 Å². The Morgan fingerprint density at radius 2 is 1.32 bits per heavy atom. The number of urea groups is 1. The molecule has 0 saturated carbocycles. The fourth-order valence-electron chi connectivity index (χ4n) is 12.1. The number of nitrogens with one attached hydrogen (secondary N) is 2. The van der Waals surface area contributed by atoms with Crippen LogP contribution in [0.15, 0.2) is 90.0 Å². The Kier molecular flexibility index (Phi) is 23.2. The van der Waals surface area contributed by atoms with Crippen LogP contribution in [0.2, 0.25) is 0 Å². The number of thiazole rings is 1. The van der Waals surface area contributed by atoms with Crippen molar-refractivity contribution in [3.05, 3.63) is 96.2 Å². The van der Waals surface area contributed by atoms with Crippen LogP contribution in [0.5, 0.6) is 0 Å². The molecule has 75 heavy (non-hydrogen) atoms. The van der Waals surface area contributed by atoms with E-state index in [9.17, 15) is 9.59 Å². The number of nitrogens with zero attached hydrogens (tertiary/aromatic N) is 8. The maximum atomic E-state index is 12.3. The number of hydrogen-bond acceptors (Lipinski definition) is 11. The second kappa shape index (κ2) is 29.9. The van der Waals surface area contributed by atoms with E-state index in [-0.39, 0.29) is 32.0 Å². The van der Waals surface area contributed by atoms with Crippen molar-refractivity contribution >= 4 is 61.9 Å². The number of rotatable bonds is 14. The van der Waals surface area contributed by atoms with E-state index in [0.29, 0.717) is 18.9 Å². The van der Waals surface area contributed by atoms with Gasteiger partial charge in [-0.2, -0.15) is 5.10 Å². The van der Waals surface area contributed by atoms with Crippen LogP contribution in [0.25, 0.3) is 10.2 Å². The molecule has 0 unspecified atom stereocenters. The molecule has 7 heterocycles. The Hall–Kier alpha value is -4.51. The van der Waals surface area contributed by atoms with Crippen molar-refractivity contribution in [2.45, 2.75) is 123 Å². The largest absolute Gasteiger partial charge is 0.347 e. The molecule has 10 rings (SSSR count). The molecule has 5 aliphatic rings. The summed E-state index contributed by atoms with van der Waals surface area (Å²) in [4.78, 5) is 42.7. The highest BCUT2D eigenvalue weighted by molar-refractivity contribution is 7.98. The monoisotopic (exact) mass is 1060 g/mol. The standard InChI is InChI=1S/C21H34N2S.C20H29N3S.C18H24N6O2.CH4/c1-3-19-15-23(14-18-8-10-21(24-2)11-9-18)17-20(19)16-22-12-6-4-5-7-13-22;1-2-16-14-23(20-21-18-9-5-6-10-19(18)24-20)15-17(16)13-22-11-7-3-4-8-12-22;1-13-3-2-4-14(11-13)21-18(26)22-16-5-8-20-24(16)15-6-9-23(10-7-15)17(25)12-19;/h8-11,19-20H,3-7,12-17H2,1-2H3;5-6,9-10,16-17H,2-4,7-8,11-15H2,1H3;2-5,8,11,15H,6-7,9-10,12,19H2,1H3,(H2,21,22,26);1H4/t19-,20+;16-,17+;;/m00../s1. The zero-order valence-electron chi connectivity index (χ0n) is 45.1. The fraction of sp³-hybridized carbons (Fsp3) is 0.600. The second-order valence-corrected chi connectivity index (χ2v) is 23.5. The first-order valence-corrected chi connectivity index (χ1v) is 30.3. The van der Waals surface area contributed by atoms with E-state index in [1.54, 1.807) is 17.2 Å². The van der Waals surface area contributed by atoms with E-state index >= 15 is 0 Å². The molecule has 0 bridgehead atoms. The Morgan fingerprint density at radius 3 is 1.93 bits per heavy atom. The maximum absolute atomic E-state index is 12.3. The first-order chi connectivity index (χ1) is 36.2. The lowest BCUT2D eigenvalue weighted by Gasteiger charge is -2.32. The molecule has 15 heteroatoms. The summed E-state index contributed by atoms with van der Waals surface area (Å²) >= 11 is 3.69. The lowest BCUT2D eigenvalue weighted by molar-refractivity contribution is -0.130. The summed E-state index contributed by atoms with van der Waals surface area (Å²) < 4.78 is 3.14. The van der Waals surface area contributed by atoms with Gasteiger partial charge in [0.2, 0.25) is 5.91 Å². The highest BCUT2D eigenvalue weighted by Gasteiger charge is 2.35. The molecule has 2 aromatic heterocycles. The van der Waals surface area contributed by atoms with Crippen LogP contribution in [0.4, 0.5) is 21.4 Å². The molecule has 3 amide bonds. The fourth-order valence-corrected chi connectivity index (χ4v) is 13.5. The molecule has 4 atom stereocenters. The lowest BCUT2D eigenvalue weighted by Crippen LogP contribution is -2.42. The van der Waals surface area contributed by atoms with Gasteiger partial charge in [-0.1, -0.05) is 108 Å². The summed E-state index contributed by atoms with van der Waals surface area (Å²) in [5.74, 6) is 4.00. The highest BCUT2D eigenvalue weighted by Crippen LogP contribution is 2.36. The average Bonchev–Trinajstić information content (AvgIpc) is 4.16. The minimum Gasteiger partial charge on any atom is -0.347 e. The van der Waals surface area contributed by atoms with Gasteiger partial charge in [-0.15, -0.1) is 11.8 Å². The van der Waals surface area contributed by atoms with Crippen molar-refractivity contribution in [3.63, 3.8) is 0 Å². The molecule has 4 N–H and O–H groups in total. The summed E-state index contributed by atoms with van der Waals surface area (Å²) in [6.07, 6.45) is 19.3. The zero-order chi connectivity index (χ0) is 51.7. The molecular formula is C60H91N11O2S2. The molecule has 5 fully saturated rings. The van der Waals surface area contributed by atoms with Gasteiger partial charge in [0.1, 0.15) is 5.82 Å². The normalized spacial score (nSPS) is 22.0. The number of carbonyl (C=O) groups excluding carboxylic acids is 2. The van der Waals surface area contributed by atoms with E-state index in [1.165, 1.54) is 150 Å². The smallest absolute Gasteiger partial charge is 0.324 e. The highest BCUT2D eigenvalue weighted by atomic mass is 32.2. The molecule has 5 saturated heterocycles. The molecule has 5 aromatic rings. The van der Waals surface area contributed by atoms with Crippen molar-refractivity contribution in [1.29, 1.82) is 0 Å². The summed E-state index contributed by atoms with van der Waals surface area (Å²) in [6.45, 7) is 22.1. The minimum atomic E-state index is -0.312. The number of fused-ring (bicyclic) bond motifs is 1. The predicted molar refractivity (Wildman–Crippen MR) is 316 cm³/mol. The van der Waals surface area contributed by atoms with Crippen molar-refractivity contribution in [3.8, 4) is 0 Å². The van der Waals surface area contributed by atoms with E-state index in [1.807, 2.05) is 59.0 Å². The Balaban J connectivity index is 0.000000163. The van der Waals surface area contributed by atoms with Crippen molar-refractivity contribution in [2.75, 3.05) is 107 Å². The summed E-state index contributed by atoms with van der Waals surface area (Å²) in [7, 11) is 0. The minimum absolute atomic E-state index is 0. The zero-order valence-corrected chi connectivity index (χ0v) is 46.8. The third-order valence-electron chi connectivity index (χ3n) is 16.3. The van der Waals surface area contributed by atoms with Gasteiger partial charge in [-0.25, -0.2) is 14.5 Å². The molecule has 0 aliphatic carbocycles. The van der Waals surface area contributed by atoms with Gasteiger partial charge in [-0.3, -0.25) is 15.0 Å². The van der Waals surface area contributed by atoms with E-state index < -0.39 is 0 Å². The number of amides is 3.